The maximum atomic E-state index is 11.8. The summed E-state index contributed by atoms with van der Waals surface area (Å²) in [6.45, 7) is 12.1. The first-order chi connectivity index (χ1) is 15.2. The Morgan fingerprint density at radius 1 is 1.09 bits per heavy atom. The van der Waals surface area contributed by atoms with E-state index in [4.69, 9.17) is 0 Å². The van der Waals surface area contributed by atoms with E-state index in [2.05, 4.69) is 45.9 Å². The van der Waals surface area contributed by atoms with Gasteiger partial charge in [0.05, 0.1) is 18.3 Å². The first-order valence-electron chi connectivity index (χ1n) is 14.0. The average molecular weight is 441 g/mol. The molecule has 0 bridgehead atoms. The summed E-state index contributed by atoms with van der Waals surface area (Å²) in [7, 11) is 0. The Kier molecular flexibility index (Phi) is 6.05. The van der Waals surface area contributed by atoms with Crippen molar-refractivity contribution in [2.24, 2.45) is 46.8 Å². The molecule has 3 nitrogen and oxygen atoms in total. The van der Waals surface area contributed by atoms with Crippen LogP contribution in [0.2, 0.25) is 0 Å². The smallest absolute Gasteiger partial charge is 0.0848 e. The van der Waals surface area contributed by atoms with Crippen molar-refractivity contribution in [3.8, 4) is 0 Å². The maximum Gasteiger partial charge on any atom is 0.0848 e. The molecule has 1 aromatic heterocycles. The highest BCUT2D eigenvalue weighted by Gasteiger charge is 2.60. The molecular weight excluding hydrogens is 392 g/mol. The molecule has 32 heavy (non-hydrogen) atoms. The van der Waals surface area contributed by atoms with Gasteiger partial charge in [-0.25, -0.2) is 0 Å². The van der Waals surface area contributed by atoms with Gasteiger partial charge in [-0.1, -0.05) is 40.5 Å². The van der Waals surface area contributed by atoms with Crippen LogP contribution in [0.15, 0.2) is 12.4 Å². The second-order valence-corrected chi connectivity index (χ2v) is 13.2. The summed E-state index contributed by atoms with van der Waals surface area (Å²) in [5, 5.41) is 16.4. The molecule has 180 valence electrons. The van der Waals surface area contributed by atoms with E-state index in [0.717, 1.165) is 35.5 Å². The van der Waals surface area contributed by atoms with Crippen molar-refractivity contribution in [2.75, 3.05) is 0 Å². The Morgan fingerprint density at radius 3 is 2.59 bits per heavy atom. The van der Waals surface area contributed by atoms with Gasteiger partial charge in [-0.05, 0) is 117 Å². The highest BCUT2D eigenvalue weighted by atomic mass is 16.3. The minimum Gasteiger partial charge on any atom is -0.388 e. The standard InChI is InChI=1S/C29H48N2O/c1-6-20-7-9-23-21(15-20)8-10-25-24(23)13-14-28(4)26(25)11-12-27(28)29(5,32)18-31-17-22(16-30-31)19(2)3/h16-17,19-21,23-27,32H,6-15,18H2,1-5H3/t20?,21?,23?,24?,25?,26?,27?,28?,29-/m0/s1. The average Bonchev–Trinajstić information content (AvgIpc) is 3.37. The molecule has 4 aliphatic carbocycles. The minimum absolute atomic E-state index is 0.298. The Morgan fingerprint density at radius 2 is 1.88 bits per heavy atom. The predicted molar refractivity (Wildman–Crippen MR) is 131 cm³/mol. The van der Waals surface area contributed by atoms with E-state index in [0.29, 0.717) is 23.8 Å². The fourth-order valence-corrected chi connectivity index (χ4v) is 9.55. The predicted octanol–water partition coefficient (Wildman–Crippen LogP) is 7.05. The van der Waals surface area contributed by atoms with Gasteiger partial charge in [-0.15, -0.1) is 0 Å². The van der Waals surface area contributed by atoms with Gasteiger partial charge < -0.3 is 5.11 Å². The molecule has 4 fully saturated rings. The van der Waals surface area contributed by atoms with Crippen LogP contribution in [0.5, 0.6) is 0 Å². The van der Waals surface area contributed by atoms with Crippen molar-refractivity contribution in [2.45, 2.75) is 117 Å². The van der Waals surface area contributed by atoms with E-state index in [1.54, 1.807) is 0 Å². The van der Waals surface area contributed by atoms with E-state index >= 15 is 0 Å². The summed E-state index contributed by atoms with van der Waals surface area (Å²) in [6.07, 6.45) is 18.3. The fraction of sp³-hybridized carbons (Fsp3) is 0.897. The molecule has 0 saturated heterocycles. The Hall–Kier alpha value is -0.830. The van der Waals surface area contributed by atoms with Gasteiger partial charge in [0.2, 0.25) is 0 Å². The summed E-state index contributed by atoms with van der Waals surface area (Å²) in [5.41, 5.74) is 0.880. The molecule has 0 aliphatic heterocycles. The normalized spacial score (nSPS) is 43.4. The van der Waals surface area contributed by atoms with Crippen molar-refractivity contribution >= 4 is 0 Å². The molecule has 9 atom stereocenters. The zero-order valence-electron chi connectivity index (χ0n) is 21.4. The highest BCUT2D eigenvalue weighted by Crippen LogP contribution is 2.66. The lowest BCUT2D eigenvalue weighted by Gasteiger charge is -2.57. The summed E-state index contributed by atoms with van der Waals surface area (Å²) >= 11 is 0. The highest BCUT2D eigenvalue weighted by molar-refractivity contribution is 5.11. The molecule has 1 N–H and O–H groups in total. The van der Waals surface area contributed by atoms with Crippen molar-refractivity contribution < 1.29 is 5.11 Å². The van der Waals surface area contributed by atoms with Gasteiger partial charge in [0.25, 0.3) is 0 Å². The second kappa shape index (κ2) is 8.43. The SMILES string of the molecule is CCC1CCC2C(CCC3C2CCC2(C)C3CCC2[C@@](C)(O)Cn2cc(C(C)C)cn2)C1. The van der Waals surface area contributed by atoms with Crippen LogP contribution in [0.4, 0.5) is 0 Å². The summed E-state index contributed by atoms with van der Waals surface area (Å²) in [4.78, 5) is 0. The van der Waals surface area contributed by atoms with Gasteiger partial charge in [0.15, 0.2) is 0 Å². The largest absolute Gasteiger partial charge is 0.388 e. The monoisotopic (exact) mass is 440 g/mol. The van der Waals surface area contributed by atoms with Crippen LogP contribution in [0.25, 0.3) is 0 Å². The molecule has 5 rings (SSSR count). The van der Waals surface area contributed by atoms with Crippen molar-refractivity contribution in [1.82, 2.24) is 9.78 Å². The summed E-state index contributed by atoms with van der Waals surface area (Å²) in [5.74, 6) is 6.65. The molecule has 0 aromatic carbocycles. The Labute approximate surface area is 196 Å². The van der Waals surface area contributed by atoms with Crippen molar-refractivity contribution in [1.29, 1.82) is 0 Å². The third-order valence-corrected chi connectivity index (χ3v) is 11.2. The molecule has 4 saturated carbocycles. The van der Waals surface area contributed by atoms with E-state index in [1.165, 1.54) is 69.8 Å². The number of nitrogens with zero attached hydrogens (tertiary/aromatic N) is 2. The number of rotatable bonds is 5. The van der Waals surface area contributed by atoms with E-state index in [1.807, 2.05) is 10.9 Å². The van der Waals surface area contributed by atoms with Gasteiger partial charge >= 0.3 is 0 Å². The molecule has 0 amide bonds. The lowest BCUT2D eigenvalue weighted by atomic mass is 9.48. The molecule has 4 aliphatic rings. The maximum absolute atomic E-state index is 11.8. The van der Waals surface area contributed by atoms with Crippen LogP contribution in [0, 0.1) is 46.8 Å². The molecule has 3 heteroatoms. The fourth-order valence-electron chi connectivity index (χ4n) is 9.55. The molecule has 0 spiro atoms. The van der Waals surface area contributed by atoms with E-state index in [9.17, 15) is 5.11 Å². The van der Waals surface area contributed by atoms with Crippen LogP contribution in [-0.4, -0.2) is 20.5 Å². The lowest BCUT2D eigenvalue weighted by Crippen LogP contribution is -2.52. The van der Waals surface area contributed by atoms with E-state index < -0.39 is 5.60 Å². The molecular formula is C29H48N2O. The number of hydrogen-bond donors (Lipinski definition) is 1. The number of fused-ring (bicyclic) bond motifs is 5. The van der Waals surface area contributed by atoms with Gasteiger partial charge in [0, 0.05) is 6.20 Å². The second-order valence-electron chi connectivity index (χ2n) is 13.2. The van der Waals surface area contributed by atoms with Gasteiger partial charge in [-0.3, -0.25) is 4.68 Å². The van der Waals surface area contributed by atoms with Gasteiger partial charge in [-0.2, -0.15) is 5.10 Å². The van der Waals surface area contributed by atoms with Gasteiger partial charge in [0.1, 0.15) is 0 Å². The number of aromatic nitrogens is 2. The van der Waals surface area contributed by atoms with E-state index in [-0.39, 0.29) is 0 Å². The van der Waals surface area contributed by atoms with Crippen LogP contribution < -0.4 is 0 Å². The number of aliphatic hydroxyl groups is 1. The molecule has 1 heterocycles. The minimum atomic E-state index is -0.688. The third-order valence-electron chi connectivity index (χ3n) is 11.2. The summed E-state index contributed by atoms with van der Waals surface area (Å²) < 4.78 is 2.01. The van der Waals surface area contributed by atoms with Crippen LogP contribution >= 0.6 is 0 Å². The zero-order chi connectivity index (χ0) is 22.7. The lowest BCUT2D eigenvalue weighted by molar-refractivity contribution is -0.115. The molecule has 8 unspecified atom stereocenters. The first kappa shape index (κ1) is 22.9. The quantitative estimate of drug-likeness (QED) is 0.532. The zero-order valence-corrected chi connectivity index (χ0v) is 21.4. The Balaban J connectivity index is 1.31. The van der Waals surface area contributed by atoms with Crippen molar-refractivity contribution in [3.05, 3.63) is 18.0 Å². The molecule has 0 radical (unpaired) electrons. The first-order valence-corrected chi connectivity index (χ1v) is 14.0. The van der Waals surface area contributed by atoms with Crippen LogP contribution in [-0.2, 0) is 6.54 Å². The summed E-state index contributed by atoms with van der Waals surface area (Å²) in [6, 6.07) is 0. The van der Waals surface area contributed by atoms with Crippen LogP contribution in [0.3, 0.4) is 0 Å². The topological polar surface area (TPSA) is 38.0 Å². The molecule has 1 aromatic rings. The number of hydrogen-bond acceptors (Lipinski definition) is 2. The van der Waals surface area contributed by atoms with Crippen molar-refractivity contribution in [3.63, 3.8) is 0 Å². The third kappa shape index (κ3) is 3.79. The Bertz CT molecular complexity index is 797. The van der Waals surface area contributed by atoms with Crippen LogP contribution in [0.1, 0.15) is 110 Å².